The Bertz CT molecular complexity index is 287. The maximum absolute atomic E-state index is 11.4. The van der Waals surface area contributed by atoms with Crippen LogP contribution in [0.5, 0.6) is 0 Å². The zero-order chi connectivity index (χ0) is 11.9. The van der Waals surface area contributed by atoms with E-state index in [-0.39, 0.29) is 5.97 Å². The zero-order valence-electron chi connectivity index (χ0n) is 9.10. The molecule has 4 nitrogen and oxygen atoms in total. The van der Waals surface area contributed by atoms with E-state index in [9.17, 15) is 4.79 Å². The van der Waals surface area contributed by atoms with Crippen molar-refractivity contribution in [1.82, 2.24) is 0 Å². The SMILES string of the molecule is CC(C)(C)OC(=O)c1ccccc1.OO. The van der Waals surface area contributed by atoms with Gasteiger partial charge in [-0.2, -0.15) is 0 Å². The van der Waals surface area contributed by atoms with Gasteiger partial charge in [0.05, 0.1) is 5.56 Å². The van der Waals surface area contributed by atoms with Crippen molar-refractivity contribution in [3.63, 3.8) is 0 Å². The Labute approximate surface area is 89.1 Å². The lowest BCUT2D eigenvalue weighted by Crippen LogP contribution is -2.23. The van der Waals surface area contributed by atoms with E-state index in [1.54, 1.807) is 12.1 Å². The molecule has 0 bridgehead atoms. The number of esters is 1. The molecule has 4 heteroatoms. The van der Waals surface area contributed by atoms with Crippen LogP contribution in [0.4, 0.5) is 0 Å². The number of carbonyl (C=O) groups is 1. The lowest BCUT2D eigenvalue weighted by Gasteiger charge is -2.19. The Morgan fingerprint density at radius 3 is 2.00 bits per heavy atom. The summed E-state index contributed by atoms with van der Waals surface area (Å²) in [5.74, 6) is -0.270. The van der Waals surface area contributed by atoms with Crippen molar-refractivity contribution in [2.75, 3.05) is 0 Å². The minimum Gasteiger partial charge on any atom is -0.456 e. The number of hydrogen-bond donors (Lipinski definition) is 2. The average Bonchev–Trinajstić information content (AvgIpc) is 2.20. The smallest absolute Gasteiger partial charge is 0.338 e. The van der Waals surface area contributed by atoms with Crippen LogP contribution in [0.1, 0.15) is 31.1 Å². The van der Waals surface area contributed by atoms with Gasteiger partial charge in [-0.15, -0.1) is 0 Å². The number of hydrogen-bond acceptors (Lipinski definition) is 4. The first-order valence-corrected chi connectivity index (χ1v) is 4.47. The normalized spacial score (nSPS) is 9.93. The van der Waals surface area contributed by atoms with Gasteiger partial charge in [0.15, 0.2) is 0 Å². The summed E-state index contributed by atoms with van der Waals surface area (Å²) in [5, 5.41) is 12.0. The minimum absolute atomic E-state index is 0.270. The summed E-state index contributed by atoms with van der Waals surface area (Å²) in [6.07, 6.45) is 0. The lowest BCUT2D eigenvalue weighted by molar-refractivity contribution is -0.176. The predicted octanol–water partition coefficient (Wildman–Crippen LogP) is 2.66. The molecule has 0 spiro atoms. The Morgan fingerprint density at radius 1 is 1.13 bits per heavy atom. The van der Waals surface area contributed by atoms with Gasteiger partial charge >= 0.3 is 5.97 Å². The molecular formula is C11H16O4. The summed E-state index contributed by atoms with van der Waals surface area (Å²) in [6.45, 7) is 5.56. The molecule has 0 atom stereocenters. The van der Waals surface area contributed by atoms with E-state index in [0.29, 0.717) is 5.56 Å². The number of carbonyl (C=O) groups excluding carboxylic acids is 1. The van der Waals surface area contributed by atoms with E-state index < -0.39 is 5.60 Å². The first kappa shape index (κ1) is 13.6. The molecule has 0 aliphatic carbocycles. The lowest BCUT2D eigenvalue weighted by atomic mass is 10.2. The fourth-order valence-corrected chi connectivity index (χ4v) is 0.911. The van der Waals surface area contributed by atoms with Crippen molar-refractivity contribution in [3.8, 4) is 0 Å². The van der Waals surface area contributed by atoms with Crippen molar-refractivity contribution in [3.05, 3.63) is 35.9 Å². The molecule has 0 saturated heterocycles. The van der Waals surface area contributed by atoms with Gasteiger partial charge in [-0.3, -0.25) is 10.5 Å². The van der Waals surface area contributed by atoms with Crippen LogP contribution in [0.25, 0.3) is 0 Å². The van der Waals surface area contributed by atoms with E-state index >= 15 is 0 Å². The Morgan fingerprint density at radius 2 is 1.60 bits per heavy atom. The summed E-state index contributed by atoms with van der Waals surface area (Å²) in [5.41, 5.74) is 0.171. The van der Waals surface area contributed by atoms with Crippen molar-refractivity contribution < 1.29 is 20.0 Å². The average molecular weight is 212 g/mol. The highest BCUT2D eigenvalue weighted by atomic mass is 17.0. The van der Waals surface area contributed by atoms with Gasteiger partial charge in [0.25, 0.3) is 0 Å². The van der Waals surface area contributed by atoms with E-state index in [0.717, 1.165) is 0 Å². The van der Waals surface area contributed by atoms with Crippen molar-refractivity contribution in [1.29, 1.82) is 0 Å². The van der Waals surface area contributed by atoms with Crippen LogP contribution in [0.2, 0.25) is 0 Å². The summed E-state index contributed by atoms with van der Waals surface area (Å²) < 4.78 is 5.18. The maximum atomic E-state index is 11.4. The third kappa shape index (κ3) is 5.83. The standard InChI is InChI=1S/C11H14O2.H2O2/c1-11(2,3)13-10(12)9-7-5-4-6-8-9;1-2/h4-8H,1-3H3;1-2H. The molecule has 84 valence electrons. The highest BCUT2D eigenvalue weighted by Crippen LogP contribution is 2.11. The van der Waals surface area contributed by atoms with Crippen LogP contribution in [0.3, 0.4) is 0 Å². The van der Waals surface area contributed by atoms with Gasteiger partial charge in [-0.25, -0.2) is 4.79 Å². The summed E-state index contributed by atoms with van der Waals surface area (Å²) in [4.78, 5) is 11.4. The second-order valence-electron chi connectivity index (χ2n) is 3.87. The summed E-state index contributed by atoms with van der Waals surface area (Å²) in [6, 6.07) is 8.99. The van der Waals surface area contributed by atoms with Crippen LogP contribution in [0, 0.1) is 0 Å². The fraction of sp³-hybridized carbons (Fsp3) is 0.364. The topological polar surface area (TPSA) is 66.8 Å². The van der Waals surface area contributed by atoms with Crippen LogP contribution in [-0.2, 0) is 4.74 Å². The molecule has 0 aliphatic rings. The van der Waals surface area contributed by atoms with Crippen molar-refractivity contribution in [2.45, 2.75) is 26.4 Å². The predicted molar refractivity (Wildman–Crippen MR) is 56.9 cm³/mol. The van der Waals surface area contributed by atoms with Gasteiger partial charge in [-0.05, 0) is 32.9 Å². The van der Waals surface area contributed by atoms with Gasteiger partial charge in [0.2, 0.25) is 0 Å². The van der Waals surface area contributed by atoms with E-state index in [1.165, 1.54) is 0 Å². The molecule has 0 amide bonds. The third-order valence-corrected chi connectivity index (χ3v) is 1.41. The first-order chi connectivity index (χ1) is 6.99. The van der Waals surface area contributed by atoms with Crippen LogP contribution in [-0.4, -0.2) is 22.1 Å². The molecule has 0 aliphatic heterocycles. The summed E-state index contributed by atoms with van der Waals surface area (Å²) >= 11 is 0. The van der Waals surface area contributed by atoms with Crippen molar-refractivity contribution >= 4 is 5.97 Å². The molecule has 0 aromatic heterocycles. The molecule has 1 rings (SSSR count). The molecule has 0 saturated carbocycles. The van der Waals surface area contributed by atoms with E-state index in [1.807, 2.05) is 39.0 Å². The highest BCUT2D eigenvalue weighted by molar-refractivity contribution is 5.89. The Balaban J connectivity index is 0.000000921. The molecule has 0 fully saturated rings. The van der Waals surface area contributed by atoms with Gasteiger partial charge in [0, 0.05) is 0 Å². The number of rotatable bonds is 1. The second kappa shape index (κ2) is 6.16. The van der Waals surface area contributed by atoms with Crippen LogP contribution < -0.4 is 0 Å². The molecule has 0 unspecified atom stereocenters. The fourth-order valence-electron chi connectivity index (χ4n) is 0.911. The first-order valence-electron chi connectivity index (χ1n) is 4.47. The van der Waals surface area contributed by atoms with Crippen molar-refractivity contribution in [2.24, 2.45) is 0 Å². The Hall–Kier alpha value is -1.39. The minimum atomic E-state index is -0.424. The molecule has 15 heavy (non-hydrogen) atoms. The van der Waals surface area contributed by atoms with Gasteiger partial charge < -0.3 is 4.74 Å². The largest absolute Gasteiger partial charge is 0.456 e. The zero-order valence-corrected chi connectivity index (χ0v) is 9.10. The summed E-state index contributed by atoms with van der Waals surface area (Å²) in [7, 11) is 0. The van der Waals surface area contributed by atoms with Crippen LogP contribution in [0.15, 0.2) is 30.3 Å². The third-order valence-electron chi connectivity index (χ3n) is 1.41. The molecule has 2 N–H and O–H groups in total. The van der Waals surface area contributed by atoms with E-state index in [4.69, 9.17) is 15.3 Å². The molecule has 1 aromatic rings. The molecule has 0 heterocycles. The van der Waals surface area contributed by atoms with Gasteiger partial charge in [0.1, 0.15) is 5.60 Å². The quantitative estimate of drug-likeness (QED) is 0.426. The maximum Gasteiger partial charge on any atom is 0.338 e. The van der Waals surface area contributed by atoms with Gasteiger partial charge in [-0.1, -0.05) is 18.2 Å². The number of ether oxygens (including phenoxy) is 1. The monoisotopic (exact) mass is 212 g/mol. The Kier molecular flexibility index (Phi) is 5.59. The van der Waals surface area contributed by atoms with E-state index in [2.05, 4.69) is 0 Å². The second-order valence-corrected chi connectivity index (χ2v) is 3.87. The molecule has 1 aromatic carbocycles. The molecular weight excluding hydrogens is 196 g/mol. The highest BCUT2D eigenvalue weighted by Gasteiger charge is 2.16. The number of benzene rings is 1. The van der Waals surface area contributed by atoms with Crippen LogP contribution >= 0.6 is 0 Å². The molecule has 0 radical (unpaired) electrons.